The van der Waals surface area contributed by atoms with Crippen LogP contribution in [0.15, 0.2) is 35.7 Å². The highest BCUT2D eigenvalue weighted by Gasteiger charge is 2.36. The molecule has 1 aliphatic rings. The van der Waals surface area contributed by atoms with Gasteiger partial charge in [0, 0.05) is 6.54 Å². The molecule has 98 valence electrons. The first-order chi connectivity index (χ1) is 8.48. The molecule has 1 aromatic rings. The summed E-state index contributed by atoms with van der Waals surface area (Å²) in [7, 11) is -3.90. The van der Waals surface area contributed by atoms with Crippen molar-refractivity contribution in [3.8, 4) is 5.75 Å². The standard InChI is InChI=1S/C12H14FNO3S/c1-3-7-14-9(2)8-17-11-6-4-5-10(13)12(11)18(14,15)16/h3-6,9H,1,7-8H2,2H3/t9-/m0/s1. The lowest BCUT2D eigenvalue weighted by Gasteiger charge is -2.23. The molecule has 0 amide bonds. The zero-order valence-electron chi connectivity index (χ0n) is 9.97. The van der Waals surface area contributed by atoms with Gasteiger partial charge < -0.3 is 4.74 Å². The Morgan fingerprint density at radius 3 is 3.00 bits per heavy atom. The zero-order valence-corrected chi connectivity index (χ0v) is 10.8. The van der Waals surface area contributed by atoms with Crippen molar-refractivity contribution >= 4 is 10.0 Å². The number of rotatable bonds is 2. The summed E-state index contributed by atoms with van der Waals surface area (Å²) in [5.41, 5.74) is 0. The second kappa shape index (κ2) is 4.70. The molecule has 6 heteroatoms. The third-order valence-electron chi connectivity index (χ3n) is 2.78. The molecular weight excluding hydrogens is 257 g/mol. The molecule has 1 heterocycles. The number of halogens is 1. The van der Waals surface area contributed by atoms with Crippen LogP contribution in [0.25, 0.3) is 0 Å². The summed E-state index contributed by atoms with van der Waals surface area (Å²) in [6.45, 7) is 5.55. The minimum absolute atomic E-state index is 0.0633. The maximum atomic E-state index is 13.8. The third-order valence-corrected chi connectivity index (χ3v) is 4.82. The number of hydrogen-bond donors (Lipinski definition) is 0. The van der Waals surface area contributed by atoms with Gasteiger partial charge in [-0.2, -0.15) is 4.31 Å². The van der Waals surface area contributed by atoms with Gasteiger partial charge in [0.15, 0.2) is 4.90 Å². The number of ether oxygens (including phenoxy) is 1. The van der Waals surface area contributed by atoms with Gasteiger partial charge in [-0.15, -0.1) is 6.58 Å². The summed E-state index contributed by atoms with van der Waals surface area (Å²) in [6.07, 6.45) is 1.47. The van der Waals surface area contributed by atoms with Gasteiger partial charge in [-0.25, -0.2) is 12.8 Å². The first-order valence-electron chi connectivity index (χ1n) is 5.52. The maximum Gasteiger partial charge on any atom is 0.250 e. The fourth-order valence-electron chi connectivity index (χ4n) is 1.91. The monoisotopic (exact) mass is 271 g/mol. The van der Waals surface area contributed by atoms with E-state index >= 15 is 0 Å². The molecule has 0 spiro atoms. The number of sulfonamides is 1. The van der Waals surface area contributed by atoms with Gasteiger partial charge in [0.25, 0.3) is 0 Å². The van der Waals surface area contributed by atoms with Crippen molar-refractivity contribution in [1.29, 1.82) is 0 Å². The van der Waals surface area contributed by atoms with Crippen molar-refractivity contribution in [3.63, 3.8) is 0 Å². The van der Waals surface area contributed by atoms with Gasteiger partial charge in [-0.05, 0) is 19.1 Å². The maximum absolute atomic E-state index is 13.8. The van der Waals surface area contributed by atoms with Crippen LogP contribution in [0.5, 0.6) is 5.75 Å². The van der Waals surface area contributed by atoms with Crippen LogP contribution >= 0.6 is 0 Å². The topological polar surface area (TPSA) is 46.6 Å². The van der Waals surface area contributed by atoms with Crippen LogP contribution in [0.1, 0.15) is 6.92 Å². The molecule has 0 radical (unpaired) electrons. The number of hydrogen-bond acceptors (Lipinski definition) is 3. The molecule has 18 heavy (non-hydrogen) atoms. The summed E-state index contributed by atoms with van der Waals surface area (Å²) in [5, 5.41) is 0. The van der Waals surface area contributed by atoms with Crippen molar-refractivity contribution in [2.75, 3.05) is 13.2 Å². The van der Waals surface area contributed by atoms with Gasteiger partial charge >= 0.3 is 0 Å². The minimum Gasteiger partial charge on any atom is -0.490 e. The van der Waals surface area contributed by atoms with Crippen LogP contribution in [-0.2, 0) is 10.0 Å². The SMILES string of the molecule is C=CCN1[C@@H](C)COc2cccc(F)c2S1(=O)=O. The fourth-order valence-corrected chi connectivity index (χ4v) is 3.67. The molecule has 0 aliphatic carbocycles. The Morgan fingerprint density at radius 1 is 1.61 bits per heavy atom. The summed E-state index contributed by atoms with van der Waals surface area (Å²) in [6, 6.07) is 3.62. The van der Waals surface area contributed by atoms with Gasteiger partial charge in [-0.1, -0.05) is 12.1 Å². The predicted molar refractivity (Wildman–Crippen MR) is 65.4 cm³/mol. The van der Waals surface area contributed by atoms with Crippen molar-refractivity contribution in [1.82, 2.24) is 4.31 Å². The van der Waals surface area contributed by atoms with Crippen LogP contribution in [0.4, 0.5) is 4.39 Å². The van der Waals surface area contributed by atoms with Crippen LogP contribution in [-0.4, -0.2) is 31.9 Å². The Morgan fingerprint density at radius 2 is 2.33 bits per heavy atom. The van der Waals surface area contributed by atoms with Crippen LogP contribution in [0.3, 0.4) is 0 Å². The second-order valence-corrected chi connectivity index (χ2v) is 5.92. The molecule has 2 rings (SSSR count). The molecule has 0 fully saturated rings. The van der Waals surface area contributed by atoms with Crippen LogP contribution in [0, 0.1) is 5.82 Å². The fraction of sp³-hybridized carbons (Fsp3) is 0.333. The lowest BCUT2D eigenvalue weighted by molar-refractivity contribution is 0.232. The van der Waals surface area contributed by atoms with Gasteiger partial charge in [0.2, 0.25) is 10.0 Å². The summed E-state index contributed by atoms with van der Waals surface area (Å²) < 4.78 is 45.1. The lowest BCUT2D eigenvalue weighted by Crippen LogP contribution is -2.40. The number of nitrogens with zero attached hydrogens (tertiary/aromatic N) is 1. The number of fused-ring (bicyclic) bond motifs is 1. The molecule has 0 bridgehead atoms. The van der Waals surface area contributed by atoms with Crippen molar-refractivity contribution in [2.24, 2.45) is 0 Å². The molecule has 1 aliphatic heterocycles. The van der Waals surface area contributed by atoms with Crippen molar-refractivity contribution in [3.05, 3.63) is 36.7 Å². The first kappa shape index (κ1) is 13.0. The Bertz CT molecular complexity index is 571. The Hall–Kier alpha value is -1.40. The minimum atomic E-state index is -3.90. The molecule has 0 N–H and O–H groups in total. The highest BCUT2D eigenvalue weighted by molar-refractivity contribution is 7.89. The Kier molecular flexibility index (Phi) is 3.41. The molecule has 4 nitrogen and oxygen atoms in total. The van der Waals surface area contributed by atoms with Crippen LogP contribution < -0.4 is 4.74 Å². The highest BCUT2D eigenvalue weighted by atomic mass is 32.2. The average molecular weight is 271 g/mol. The van der Waals surface area contributed by atoms with E-state index in [2.05, 4.69) is 6.58 Å². The van der Waals surface area contributed by atoms with E-state index in [-0.39, 0.29) is 24.9 Å². The molecule has 1 atom stereocenters. The largest absolute Gasteiger partial charge is 0.490 e. The van der Waals surface area contributed by atoms with E-state index in [4.69, 9.17) is 4.74 Å². The van der Waals surface area contributed by atoms with E-state index in [1.807, 2.05) is 0 Å². The highest BCUT2D eigenvalue weighted by Crippen LogP contribution is 2.33. The normalized spacial score (nSPS) is 22.7. The van der Waals surface area contributed by atoms with Crippen molar-refractivity contribution in [2.45, 2.75) is 17.9 Å². The molecule has 0 unspecified atom stereocenters. The van der Waals surface area contributed by atoms with Gasteiger partial charge in [0.05, 0.1) is 6.04 Å². The third kappa shape index (κ3) is 2.02. The predicted octanol–water partition coefficient (Wildman–Crippen LogP) is 1.78. The van der Waals surface area contributed by atoms with E-state index in [1.165, 1.54) is 22.5 Å². The van der Waals surface area contributed by atoms with E-state index in [0.717, 1.165) is 6.07 Å². The van der Waals surface area contributed by atoms with E-state index in [1.54, 1.807) is 6.92 Å². The second-order valence-electron chi connectivity index (χ2n) is 4.09. The van der Waals surface area contributed by atoms with E-state index in [0.29, 0.717) is 0 Å². The molecule has 0 aromatic heterocycles. The Balaban J connectivity index is 2.64. The molecule has 0 saturated carbocycles. The number of benzene rings is 1. The first-order valence-corrected chi connectivity index (χ1v) is 6.96. The molecule has 0 saturated heterocycles. The Labute approximate surface area is 106 Å². The molecular formula is C12H14FNO3S. The van der Waals surface area contributed by atoms with Gasteiger partial charge in [-0.3, -0.25) is 0 Å². The van der Waals surface area contributed by atoms with Crippen molar-refractivity contribution < 1.29 is 17.5 Å². The van der Waals surface area contributed by atoms with E-state index in [9.17, 15) is 12.8 Å². The summed E-state index contributed by atoms with van der Waals surface area (Å²) in [4.78, 5) is -0.392. The molecule has 1 aromatic carbocycles. The summed E-state index contributed by atoms with van der Waals surface area (Å²) in [5.74, 6) is -0.732. The van der Waals surface area contributed by atoms with Gasteiger partial charge in [0.1, 0.15) is 18.2 Å². The zero-order chi connectivity index (χ0) is 13.3. The average Bonchev–Trinajstić information content (AvgIpc) is 2.40. The quantitative estimate of drug-likeness (QED) is 0.770. The van der Waals surface area contributed by atoms with E-state index < -0.39 is 20.7 Å². The smallest absolute Gasteiger partial charge is 0.250 e. The lowest BCUT2D eigenvalue weighted by atomic mass is 10.3. The van der Waals surface area contributed by atoms with Crippen LogP contribution in [0.2, 0.25) is 0 Å². The summed E-state index contributed by atoms with van der Waals surface area (Å²) >= 11 is 0.